The molecule has 0 amide bonds. The molecule has 0 atom stereocenters. The smallest absolute Gasteiger partial charge is 0.416 e. The van der Waals surface area contributed by atoms with E-state index in [1.165, 1.54) is 24.4 Å². The first kappa shape index (κ1) is 13.2. The largest absolute Gasteiger partial charge is 0.455 e. The Balaban J connectivity index is 2.01. The Morgan fingerprint density at radius 3 is 2.71 bits per heavy atom. The molecule has 21 heavy (non-hydrogen) atoms. The van der Waals surface area contributed by atoms with Crippen LogP contribution in [0.25, 0.3) is 11.2 Å². The van der Waals surface area contributed by atoms with Crippen LogP contribution in [0.15, 0.2) is 41.3 Å². The molecule has 0 unspecified atom stereocenters. The Morgan fingerprint density at radius 1 is 1.14 bits per heavy atom. The Kier molecular flexibility index (Phi) is 2.93. The molecule has 2 N–H and O–H groups in total. The summed E-state index contributed by atoms with van der Waals surface area (Å²) in [7, 11) is 0. The van der Waals surface area contributed by atoms with Crippen molar-refractivity contribution in [1.29, 1.82) is 0 Å². The van der Waals surface area contributed by atoms with Gasteiger partial charge in [-0.25, -0.2) is 9.78 Å². The standard InChI is InChI=1S/C13H8F3N3O2/c14-13(15,16)7-2-1-3-8(6-7)21-9-4-5-17-11-10(9)18-12(20)19-11/h1-6H,(H2,17,18,19,20). The highest BCUT2D eigenvalue weighted by Crippen LogP contribution is 2.33. The quantitative estimate of drug-likeness (QED) is 0.763. The van der Waals surface area contributed by atoms with E-state index < -0.39 is 17.4 Å². The second-order valence-corrected chi connectivity index (χ2v) is 4.24. The molecule has 2 heterocycles. The molecular formula is C13H8F3N3O2. The number of benzene rings is 1. The third kappa shape index (κ3) is 2.60. The first-order valence-corrected chi connectivity index (χ1v) is 5.85. The van der Waals surface area contributed by atoms with E-state index in [2.05, 4.69) is 15.0 Å². The number of pyridine rings is 1. The van der Waals surface area contributed by atoms with Gasteiger partial charge in [-0.15, -0.1) is 0 Å². The zero-order chi connectivity index (χ0) is 15.0. The van der Waals surface area contributed by atoms with E-state index in [9.17, 15) is 18.0 Å². The van der Waals surface area contributed by atoms with E-state index in [0.29, 0.717) is 5.52 Å². The lowest BCUT2D eigenvalue weighted by molar-refractivity contribution is -0.137. The molecule has 8 heteroatoms. The van der Waals surface area contributed by atoms with Crippen LogP contribution in [0.1, 0.15) is 5.56 Å². The fourth-order valence-corrected chi connectivity index (χ4v) is 1.86. The van der Waals surface area contributed by atoms with Crippen molar-refractivity contribution in [2.45, 2.75) is 6.18 Å². The molecular weight excluding hydrogens is 287 g/mol. The van der Waals surface area contributed by atoms with Crippen LogP contribution < -0.4 is 10.4 Å². The van der Waals surface area contributed by atoms with Crippen molar-refractivity contribution >= 4 is 11.2 Å². The van der Waals surface area contributed by atoms with Crippen LogP contribution in [0.2, 0.25) is 0 Å². The molecule has 5 nitrogen and oxygen atoms in total. The van der Waals surface area contributed by atoms with Gasteiger partial charge in [0.25, 0.3) is 0 Å². The first-order valence-electron chi connectivity index (χ1n) is 5.85. The molecule has 108 valence electrons. The number of aromatic amines is 2. The van der Waals surface area contributed by atoms with Crippen LogP contribution in [-0.2, 0) is 6.18 Å². The van der Waals surface area contributed by atoms with Crippen molar-refractivity contribution in [3.8, 4) is 11.5 Å². The normalized spacial score (nSPS) is 11.8. The number of ether oxygens (including phenoxy) is 1. The molecule has 0 saturated carbocycles. The molecule has 3 aromatic rings. The van der Waals surface area contributed by atoms with Gasteiger partial charge in [0, 0.05) is 12.3 Å². The molecule has 0 spiro atoms. The predicted octanol–water partition coefficient (Wildman–Crippen LogP) is 3.06. The molecule has 0 saturated heterocycles. The maximum atomic E-state index is 12.6. The van der Waals surface area contributed by atoms with E-state index in [1.807, 2.05) is 0 Å². The highest BCUT2D eigenvalue weighted by molar-refractivity contribution is 5.77. The lowest BCUT2D eigenvalue weighted by atomic mass is 10.2. The number of H-pyrrole nitrogens is 2. The van der Waals surface area contributed by atoms with Gasteiger partial charge in [0.2, 0.25) is 0 Å². The number of hydrogen-bond acceptors (Lipinski definition) is 3. The predicted molar refractivity (Wildman–Crippen MR) is 68.2 cm³/mol. The van der Waals surface area contributed by atoms with Crippen LogP contribution in [0, 0.1) is 0 Å². The molecule has 1 aromatic carbocycles. The summed E-state index contributed by atoms with van der Waals surface area (Å²) in [5.41, 5.74) is -0.727. The van der Waals surface area contributed by atoms with Gasteiger partial charge >= 0.3 is 11.9 Å². The lowest BCUT2D eigenvalue weighted by Crippen LogP contribution is -2.04. The number of hydrogen-bond donors (Lipinski definition) is 2. The Bertz CT molecular complexity index is 851. The molecule has 0 bridgehead atoms. The molecule has 0 fully saturated rings. The van der Waals surface area contributed by atoms with E-state index in [4.69, 9.17) is 4.74 Å². The van der Waals surface area contributed by atoms with Crippen LogP contribution in [0.3, 0.4) is 0 Å². The summed E-state index contributed by atoms with van der Waals surface area (Å²) in [6.45, 7) is 0. The Morgan fingerprint density at radius 2 is 1.95 bits per heavy atom. The summed E-state index contributed by atoms with van der Waals surface area (Å²) in [4.78, 5) is 20.0. The number of alkyl halides is 3. The van der Waals surface area contributed by atoms with Crippen molar-refractivity contribution in [1.82, 2.24) is 15.0 Å². The second-order valence-electron chi connectivity index (χ2n) is 4.24. The van der Waals surface area contributed by atoms with Crippen LogP contribution >= 0.6 is 0 Å². The number of rotatable bonds is 2. The minimum atomic E-state index is -4.45. The van der Waals surface area contributed by atoms with E-state index in [-0.39, 0.29) is 17.1 Å². The number of aromatic nitrogens is 3. The van der Waals surface area contributed by atoms with Gasteiger partial charge in [-0.3, -0.25) is 4.98 Å². The lowest BCUT2D eigenvalue weighted by Gasteiger charge is -2.10. The van der Waals surface area contributed by atoms with E-state index >= 15 is 0 Å². The molecule has 0 aliphatic heterocycles. The monoisotopic (exact) mass is 295 g/mol. The minimum absolute atomic E-state index is 0.0133. The first-order chi connectivity index (χ1) is 9.93. The number of halogens is 3. The van der Waals surface area contributed by atoms with Gasteiger partial charge in [-0.05, 0) is 18.2 Å². The van der Waals surface area contributed by atoms with Gasteiger partial charge in [-0.1, -0.05) is 6.07 Å². The summed E-state index contributed by atoms with van der Waals surface area (Å²) in [5, 5.41) is 0. The summed E-state index contributed by atoms with van der Waals surface area (Å²) in [6, 6.07) is 5.93. The van der Waals surface area contributed by atoms with Crippen LogP contribution in [0.4, 0.5) is 13.2 Å². The van der Waals surface area contributed by atoms with Crippen molar-refractivity contribution < 1.29 is 17.9 Å². The highest BCUT2D eigenvalue weighted by atomic mass is 19.4. The van der Waals surface area contributed by atoms with Crippen molar-refractivity contribution in [2.75, 3.05) is 0 Å². The zero-order valence-electron chi connectivity index (χ0n) is 10.4. The maximum Gasteiger partial charge on any atom is 0.416 e. The van der Waals surface area contributed by atoms with Crippen LogP contribution in [0.5, 0.6) is 11.5 Å². The molecule has 3 rings (SSSR count). The molecule has 0 radical (unpaired) electrons. The fraction of sp³-hybridized carbons (Fsp3) is 0.0769. The molecule has 2 aromatic heterocycles. The Labute approximate surface area is 115 Å². The maximum absolute atomic E-state index is 12.6. The summed E-state index contributed by atoms with van der Waals surface area (Å²) in [6.07, 6.45) is -3.07. The van der Waals surface area contributed by atoms with Crippen molar-refractivity contribution in [2.24, 2.45) is 0 Å². The average Bonchev–Trinajstić information content (AvgIpc) is 2.80. The Hall–Kier alpha value is -2.77. The summed E-state index contributed by atoms with van der Waals surface area (Å²) in [5.74, 6) is 0.219. The zero-order valence-corrected chi connectivity index (χ0v) is 10.4. The highest BCUT2D eigenvalue weighted by Gasteiger charge is 2.30. The summed E-state index contributed by atoms with van der Waals surface area (Å²) >= 11 is 0. The third-order valence-electron chi connectivity index (χ3n) is 2.77. The van der Waals surface area contributed by atoms with Crippen molar-refractivity contribution in [3.05, 3.63) is 52.6 Å². The number of nitrogens with zero attached hydrogens (tertiary/aromatic N) is 1. The van der Waals surface area contributed by atoms with Gasteiger partial charge in [0.15, 0.2) is 11.4 Å². The topological polar surface area (TPSA) is 70.8 Å². The number of nitrogens with one attached hydrogen (secondary N) is 2. The fourth-order valence-electron chi connectivity index (χ4n) is 1.86. The van der Waals surface area contributed by atoms with Gasteiger partial charge < -0.3 is 9.72 Å². The van der Waals surface area contributed by atoms with Gasteiger partial charge in [0.1, 0.15) is 11.3 Å². The number of fused-ring (bicyclic) bond motifs is 1. The van der Waals surface area contributed by atoms with Crippen molar-refractivity contribution in [3.63, 3.8) is 0 Å². The third-order valence-corrected chi connectivity index (χ3v) is 2.77. The molecule has 0 aliphatic rings. The van der Waals surface area contributed by atoms with Gasteiger partial charge in [-0.2, -0.15) is 13.2 Å². The summed E-state index contributed by atoms with van der Waals surface area (Å²) < 4.78 is 43.3. The molecule has 0 aliphatic carbocycles. The average molecular weight is 295 g/mol. The minimum Gasteiger partial charge on any atom is -0.455 e. The van der Waals surface area contributed by atoms with E-state index in [0.717, 1.165) is 12.1 Å². The number of imidazole rings is 1. The second kappa shape index (κ2) is 4.65. The van der Waals surface area contributed by atoms with Gasteiger partial charge in [0.05, 0.1) is 5.56 Å². The van der Waals surface area contributed by atoms with E-state index in [1.54, 1.807) is 0 Å². The van der Waals surface area contributed by atoms with Crippen LogP contribution in [-0.4, -0.2) is 15.0 Å². The SMILES string of the molecule is O=c1[nH]c2nccc(Oc3cccc(C(F)(F)F)c3)c2[nH]1.